The maximum absolute atomic E-state index is 10.6. The van der Waals surface area contributed by atoms with Crippen LogP contribution in [-0.2, 0) is 40.7 Å². The molecule has 2 aliphatic heterocycles. The number of nitrogens with two attached hydrogens (primary N) is 2. The Morgan fingerprint density at radius 1 is 0.535 bits per heavy atom. The van der Waals surface area contributed by atoms with Crippen LogP contribution in [0.15, 0.2) is 25.3 Å². The van der Waals surface area contributed by atoms with Gasteiger partial charge in [-0.2, -0.15) is 0 Å². The van der Waals surface area contributed by atoms with E-state index in [0.29, 0.717) is 22.3 Å². The van der Waals surface area contributed by atoms with Crippen molar-refractivity contribution in [1.29, 1.82) is 0 Å². The Bertz CT molecular complexity index is 2040. The standard InChI is InChI=1S/2C10H13N5O4.4Na.H6O13P4.12H2O/c2*11-8-5-9(13-2-12-8)15(3-14-5)10-7(18)6(17)4(1-16)19-10;;;;;1-14(2,3)11-16(7,8)13-17(9,10)12-15(4,5)6;;;;;;;;;;;;/h2*2-4,6-7,10,16-18H,1H2,(H2,11,12,13);;;;;(H,7,8)(H,9,10)(H2,1,2,3)(H2,4,5,6);12*1H2/q;;4*+1;;;;;;;;;;;;;/p-4/t2*4-,6-,7-,10-;;;;;;;;;;;;;;;;;/m11................./s1. The third-order valence-corrected chi connectivity index (χ3v) is 11.8. The summed E-state index contributed by atoms with van der Waals surface area (Å²) in [6.45, 7) is -0.781. The molecule has 0 radical (unpaired) electrons. The molecule has 0 aromatic carbocycles. The number of hydrogen-bond donors (Lipinski definition) is 10. The van der Waals surface area contributed by atoms with Gasteiger partial charge >= 0.3 is 126 Å². The smallest absolute Gasteiger partial charge is 0.790 e. The van der Waals surface area contributed by atoms with Crippen molar-refractivity contribution >= 4 is 65.3 Å². The summed E-state index contributed by atoms with van der Waals surface area (Å²) in [7, 11) is -24.1. The van der Waals surface area contributed by atoms with Crippen LogP contribution >= 0.6 is 31.3 Å². The van der Waals surface area contributed by atoms with Crippen molar-refractivity contribution < 1.29 is 285 Å². The van der Waals surface area contributed by atoms with Crippen molar-refractivity contribution in [1.82, 2.24) is 39.0 Å². The van der Waals surface area contributed by atoms with Crippen molar-refractivity contribution in [3.8, 4) is 0 Å². The van der Waals surface area contributed by atoms with Crippen molar-refractivity contribution in [2.45, 2.75) is 49.1 Å². The van der Waals surface area contributed by atoms with Crippen LogP contribution in [0.2, 0.25) is 0 Å². The minimum atomic E-state index is -6.17. The van der Waals surface area contributed by atoms with Crippen molar-refractivity contribution in [3.63, 3.8) is 0 Å². The molecule has 404 valence electrons. The van der Waals surface area contributed by atoms with Gasteiger partial charge in [-0.15, -0.1) is 0 Å². The predicted molar refractivity (Wildman–Crippen MR) is 207 cm³/mol. The molecule has 0 amide bonds. The zero-order valence-corrected chi connectivity index (χ0v) is 48.3. The number of hydrogen-bond acceptors (Lipinski definition) is 27. The molecule has 0 aliphatic carbocycles. The zero-order chi connectivity index (χ0) is 41.3. The summed E-state index contributed by atoms with van der Waals surface area (Å²) < 4.78 is 63.1. The predicted octanol–water partition coefficient (Wildman–Crippen LogP) is -28.9. The van der Waals surface area contributed by atoms with Crippen LogP contribution in [0, 0.1) is 0 Å². The Morgan fingerprint density at radius 3 is 1.10 bits per heavy atom. The van der Waals surface area contributed by atoms with Crippen molar-refractivity contribution in [2.75, 3.05) is 24.7 Å². The average Bonchev–Trinajstić information content (AvgIpc) is 3.81. The first-order valence-electron chi connectivity index (χ1n) is 14.3. The SMILES string of the molecule is Nc1ncnc2c1ncn2[C@@H]1O[C@H](CO)[C@@H](O)[C@H]1O.Nc1ncnc2c1ncn2[C@@H]1O[C@H](CO)[C@@H](O)[C@H]1O.O.O.O.O.O.O.O.O.O.O.O.O.O=P([O-])([O-])OP(=O)([O-])OP(=O)(O)OP(=O)([O-])O.[Na+].[Na+].[Na+].[Na+]. The summed E-state index contributed by atoms with van der Waals surface area (Å²) in [6.07, 6.45) is -2.85. The topological polar surface area (TPSA) is 886 Å². The maximum Gasteiger partial charge on any atom is 1.00 e. The monoisotopic (exact) mass is 1180 g/mol. The molecule has 36 N–H and O–H groups in total. The van der Waals surface area contributed by atoms with E-state index in [4.69, 9.17) is 40.9 Å². The molecule has 2 saturated heterocycles. The van der Waals surface area contributed by atoms with Crippen LogP contribution in [0.5, 0.6) is 0 Å². The van der Waals surface area contributed by atoms with Gasteiger partial charge in [-0.3, -0.25) is 22.6 Å². The van der Waals surface area contributed by atoms with Crippen LogP contribution in [0.25, 0.3) is 22.3 Å². The Kier molecular flexibility index (Phi) is 62.1. The molecule has 6 heterocycles. The molecule has 4 aromatic heterocycles. The van der Waals surface area contributed by atoms with Gasteiger partial charge in [0.15, 0.2) is 35.4 Å². The molecule has 4 aromatic rings. The number of aliphatic hydroxyl groups excluding tert-OH is 6. The van der Waals surface area contributed by atoms with Crippen molar-refractivity contribution in [3.05, 3.63) is 25.3 Å². The summed E-state index contributed by atoms with van der Waals surface area (Å²) in [5, 5.41) is 57.5. The Labute approximate surface area is 483 Å². The first-order valence-corrected chi connectivity index (χ1v) is 20.2. The fourth-order valence-corrected chi connectivity index (χ4v) is 8.55. The summed E-state index contributed by atoms with van der Waals surface area (Å²) >= 11 is 0. The van der Waals surface area contributed by atoms with Crippen LogP contribution in [0.3, 0.4) is 0 Å². The van der Waals surface area contributed by atoms with E-state index in [9.17, 15) is 58.3 Å². The first kappa shape index (κ1) is 104. The molecule has 51 heteroatoms. The van der Waals surface area contributed by atoms with Gasteiger partial charge in [0.1, 0.15) is 60.3 Å². The van der Waals surface area contributed by atoms with Gasteiger partial charge in [-0.05, 0) is 0 Å². The second-order valence-corrected chi connectivity index (χ2v) is 16.3. The third-order valence-electron chi connectivity index (χ3n) is 6.97. The van der Waals surface area contributed by atoms with Gasteiger partial charge in [0, 0.05) is 0 Å². The molecule has 0 saturated carbocycles. The summed E-state index contributed by atoms with van der Waals surface area (Å²) in [4.78, 5) is 80.2. The number of phosphoric acid groups is 4. The number of nitrogens with zero attached hydrogens (tertiary/aromatic N) is 8. The summed E-state index contributed by atoms with van der Waals surface area (Å²) in [6, 6.07) is 0. The molecule has 2 aliphatic rings. The molecule has 11 atom stereocenters. The van der Waals surface area contributed by atoms with Gasteiger partial charge in [-0.1, -0.05) is 0 Å². The molecule has 71 heavy (non-hydrogen) atoms. The molecule has 0 bridgehead atoms. The fourth-order valence-electron chi connectivity index (χ4n) is 4.74. The quantitative estimate of drug-likeness (QED) is 0.0521. The number of nitrogen functional groups attached to an aromatic ring is 2. The molecule has 3 unspecified atom stereocenters. The van der Waals surface area contributed by atoms with E-state index in [-0.39, 0.29) is 196 Å². The van der Waals surface area contributed by atoms with Crippen molar-refractivity contribution in [2.24, 2.45) is 0 Å². The van der Waals surface area contributed by atoms with Crippen LogP contribution < -0.4 is 149 Å². The Morgan fingerprint density at radius 2 is 0.845 bits per heavy atom. The van der Waals surface area contributed by atoms with E-state index in [1.165, 1.54) is 34.4 Å². The summed E-state index contributed by atoms with van der Waals surface area (Å²) in [5.41, 5.74) is 12.9. The number of fused-ring (bicyclic) bond motifs is 2. The van der Waals surface area contributed by atoms with Gasteiger partial charge in [0.05, 0.1) is 33.7 Å². The average molecular weight is 1180 g/mol. The molecule has 2 fully saturated rings. The minimum Gasteiger partial charge on any atom is -0.790 e. The number of anilines is 2. The van der Waals surface area contributed by atoms with E-state index in [1.807, 2.05) is 0 Å². The van der Waals surface area contributed by atoms with E-state index in [1.54, 1.807) is 0 Å². The number of rotatable bonds is 10. The largest absolute Gasteiger partial charge is 1.00 e. The Balaban J connectivity index is -0.0000000582. The normalized spacial score (nSPS) is 22.3. The first-order chi connectivity index (χ1) is 25.4. The maximum atomic E-state index is 10.6. The fraction of sp³-hybridized carbons (Fsp3) is 0.500. The molecular weight excluding hydrogens is 1120 g/mol. The molecular formula is C20H52N10Na4O33P4. The third kappa shape index (κ3) is 28.1. The number of aliphatic hydroxyl groups is 6. The summed E-state index contributed by atoms with van der Waals surface area (Å²) in [5.74, 6) is 0.436. The number of aromatic nitrogens is 8. The van der Waals surface area contributed by atoms with Gasteiger partial charge in [-0.25, -0.2) is 43.1 Å². The minimum absolute atomic E-state index is 0. The van der Waals surface area contributed by atoms with Gasteiger partial charge < -0.3 is 151 Å². The number of imidazole rings is 2. The van der Waals surface area contributed by atoms with Gasteiger partial charge in [0.2, 0.25) is 0 Å². The number of ether oxygens (including phenoxy) is 2. The zero-order valence-electron chi connectivity index (χ0n) is 36.7. The second-order valence-electron chi connectivity index (χ2n) is 10.7. The van der Waals surface area contributed by atoms with Crippen LogP contribution in [-0.4, -0.2) is 195 Å². The van der Waals surface area contributed by atoms with E-state index < -0.39 is 93.6 Å². The molecule has 43 nitrogen and oxygen atoms in total. The van der Waals surface area contributed by atoms with E-state index in [0.717, 1.165) is 0 Å². The Hall–Kier alpha value is 0.460. The van der Waals surface area contributed by atoms with Crippen LogP contribution in [0.4, 0.5) is 11.6 Å². The van der Waals surface area contributed by atoms with E-state index in [2.05, 4.69) is 42.8 Å². The van der Waals surface area contributed by atoms with Crippen LogP contribution in [0.1, 0.15) is 12.5 Å². The second kappa shape index (κ2) is 42.5. The molecule has 0 spiro atoms. The van der Waals surface area contributed by atoms with E-state index >= 15 is 0 Å². The molecule has 6 rings (SSSR count). The van der Waals surface area contributed by atoms with Gasteiger partial charge in [0.25, 0.3) is 15.6 Å².